The molecule has 0 N–H and O–H groups in total. The zero-order chi connectivity index (χ0) is 17.5. The summed E-state index contributed by atoms with van der Waals surface area (Å²) < 4.78 is 0. The van der Waals surface area contributed by atoms with Crippen LogP contribution in [0.15, 0.2) is 42.5 Å². The van der Waals surface area contributed by atoms with Crippen LogP contribution in [0.25, 0.3) is 11.1 Å². The number of nitrogens with zero attached hydrogens (tertiary/aromatic N) is 1. The van der Waals surface area contributed by atoms with Crippen molar-refractivity contribution in [1.82, 2.24) is 0 Å². The zero-order valence-electron chi connectivity index (χ0n) is 15.4. The number of hydrogen-bond donors (Lipinski definition) is 0. The van der Waals surface area contributed by atoms with Gasteiger partial charge in [0, 0.05) is 0 Å². The van der Waals surface area contributed by atoms with E-state index in [9.17, 15) is 5.26 Å². The second-order valence-corrected chi connectivity index (χ2v) is 7.33. The van der Waals surface area contributed by atoms with Crippen LogP contribution in [0.5, 0.6) is 0 Å². The van der Waals surface area contributed by atoms with E-state index in [0.717, 1.165) is 11.1 Å². The van der Waals surface area contributed by atoms with E-state index in [1.165, 1.54) is 68.9 Å². The number of benzene rings is 2. The fraction of sp³-hybridized carbons (Fsp3) is 0.458. The lowest BCUT2D eigenvalue weighted by molar-refractivity contribution is 0.442. The van der Waals surface area contributed by atoms with Gasteiger partial charge in [-0.2, -0.15) is 5.26 Å². The van der Waals surface area contributed by atoms with Crippen molar-refractivity contribution in [3.05, 3.63) is 59.2 Å². The van der Waals surface area contributed by atoms with Crippen LogP contribution in [0.2, 0.25) is 0 Å². The third-order valence-electron chi connectivity index (χ3n) is 5.60. The first kappa shape index (κ1) is 17.7. The van der Waals surface area contributed by atoms with Crippen LogP contribution >= 0.6 is 0 Å². The monoisotopic (exact) mass is 331 g/mol. The molecule has 3 rings (SSSR count). The highest BCUT2D eigenvalue weighted by atomic mass is 14.3. The molecule has 25 heavy (non-hydrogen) atoms. The molecule has 0 atom stereocenters. The van der Waals surface area contributed by atoms with Gasteiger partial charge in [0.15, 0.2) is 0 Å². The van der Waals surface area contributed by atoms with Crippen molar-refractivity contribution in [2.75, 3.05) is 0 Å². The Morgan fingerprint density at radius 1 is 0.920 bits per heavy atom. The summed E-state index contributed by atoms with van der Waals surface area (Å²) in [6.07, 6.45) is 11.6. The molecule has 1 fully saturated rings. The van der Waals surface area contributed by atoms with Crippen molar-refractivity contribution in [3.8, 4) is 17.2 Å². The average molecular weight is 332 g/mol. The minimum atomic E-state index is 0.660. The van der Waals surface area contributed by atoms with Crippen LogP contribution in [0.4, 0.5) is 0 Å². The summed E-state index contributed by atoms with van der Waals surface area (Å²) in [5, 5.41) is 9.57. The first-order valence-corrected chi connectivity index (χ1v) is 9.96. The molecule has 0 saturated heterocycles. The van der Waals surface area contributed by atoms with E-state index in [4.69, 9.17) is 0 Å². The van der Waals surface area contributed by atoms with E-state index in [-0.39, 0.29) is 0 Å². The van der Waals surface area contributed by atoms with Crippen LogP contribution in [0.1, 0.15) is 80.9 Å². The second-order valence-electron chi connectivity index (χ2n) is 7.33. The molecule has 0 spiro atoms. The predicted octanol–water partition coefficient (Wildman–Crippen LogP) is 7.01. The van der Waals surface area contributed by atoms with Crippen molar-refractivity contribution in [3.63, 3.8) is 0 Å². The van der Waals surface area contributed by atoms with Crippen molar-refractivity contribution >= 4 is 0 Å². The molecule has 0 aliphatic heterocycles. The fourth-order valence-electron chi connectivity index (χ4n) is 4.32. The highest BCUT2D eigenvalue weighted by Crippen LogP contribution is 2.41. The third kappa shape index (κ3) is 4.13. The topological polar surface area (TPSA) is 23.8 Å². The number of hydrogen-bond acceptors (Lipinski definition) is 1. The van der Waals surface area contributed by atoms with E-state index in [0.29, 0.717) is 5.92 Å². The number of aryl methyl sites for hydroxylation is 1. The molecule has 1 heteroatoms. The maximum Gasteiger partial charge on any atom is 0.0998 e. The van der Waals surface area contributed by atoms with Gasteiger partial charge in [-0.05, 0) is 59.9 Å². The quantitative estimate of drug-likeness (QED) is 0.522. The summed E-state index contributed by atoms with van der Waals surface area (Å²) in [7, 11) is 0. The summed E-state index contributed by atoms with van der Waals surface area (Å²) in [5.74, 6) is 0.660. The molecule has 0 heterocycles. The molecule has 0 radical (unpaired) electrons. The second kappa shape index (κ2) is 8.86. The lowest BCUT2D eigenvalue weighted by Crippen LogP contribution is -2.10. The largest absolute Gasteiger partial charge is 0.192 e. The van der Waals surface area contributed by atoms with Gasteiger partial charge < -0.3 is 0 Å². The number of rotatable bonds is 6. The Bertz CT molecular complexity index is 732. The van der Waals surface area contributed by atoms with Crippen LogP contribution in [-0.2, 0) is 6.42 Å². The van der Waals surface area contributed by atoms with Crippen molar-refractivity contribution < 1.29 is 0 Å². The van der Waals surface area contributed by atoms with Gasteiger partial charge >= 0.3 is 0 Å². The van der Waals surface area contributed by atoms with Crippen LogP contribution in [0, 0.1) is 11.3 Å². The molecule has 0 aromatic heterocycles. The Morgan fingerprint density at radius 3 is 2.44 bits per heavy atom. The molecule has 1 saturated carbocycles. The van der Waals surface area contributed by atoms with E-state index >= 15 is 0 Å². The average Bonchev–Trinajstić information content (AvgIpc) is 2.68. The minimum Gasteiger partial charge on any atom is -0.192 e. The SMILES string of the molecule is CCCCCc1cccc(-c2ccccc2C#N)c1C1CCCCC1. The molecular weight excluding hydrogens is 302 g/mol. The van der Waals surface area contributed by atoms with Gasteiger partial charge in [0.2, 0.25) is 0 Å². The fourth-order valence-corrected chi connectivity index (χ4v) is 4.32. The Kier molecular flexibility index (Phi) is 6.29. The molecule has 1 aliphatic carbocycles. The van der Waals surface area contributed by atoms with E-state index in [1.807, 2.05) is 12.1 Å². The molecule has 0 bridgehead atoms. The molecule has 2 aromatic rings. The first-order chi connectivity index (χ1) is 12.3. The standard InChI is InChI=1S/C24H29N/c1-2-3-5-11-20-15-10-17-23(22-16-9-8-14-21(22)18-25)24(20)19-12-6-4-7-13-19/h8-10,14-17,19H,2-7,11-13H2,1H3. The molecule has 130 valence electrons. The van der Waals surface area contributed by atoms with Crippen molar-refractivity contribution in [1.29, 1.82) is 5.26 Å². The van der Waals surface area contributed by atoms with Crippen LogP contribution < -0.4 is 0 Å². The molecule has 0 unspecified atom stereocenters. The summed E-state index contributed by atoms with van der Waals surface area (Å²) in [5.41, 5.74) is 6.28. The van der Waals surface area contributed by atoms with Crippen molar-refractivity contribution in [2.45, 2.75) is 70.6 Å². The Hall–Kier alpha value is -2.07. The maximum atomic E-state index is 9.57. The first-order valence-electron chi connectivity index (χ1n) is 9.96. The van der Waals surface area contributed by atoms with E-state index < -0.39 is 0 Å². The summed E-state index contributed by atoms with van der Waals surface area (Å²) in [6, 6.07) is 17.3. The van der Waals surface area contributed by atoms with Crippen LogP contribution in [-0.4, -0.2) is 0 Å². The van der Waals surface area contributed by atoms with Gasteiger partial charge in [-0.3, -0.25) is 0 Å². The Morgan fingerprint density at radius 2 is 1.68 bits per heavy atom. The third-order valence-corrected chi connectivity index (χ3v) is 5.60. The zero-order valence-corrected chi connectivity index (χ0v) is 15.4. The summed E-state index contributed by atoms with van der Waals surface area (Å²) in [6.45, 7) is 2.27. The van der Waals surface area contributed by atoms with Crippen LogP contribution in [0.3, 0.4) is 0 Å². The van der Waals surface area contributed by atoms with Gasteiger partial charge in [-0.15, -0.1) is 0 Å². The highest BCUT2D eigenvalue weighted by molar-refractivity contribution is 5.75. The number of unbranched alkanes of at least 4 members (excludes halogenated alkanes) is 2. The van der Waals surface area contributed by atoms with E-state index in [2.05, 4.69) is 43.3 Å². The molecule has 2 aromatic carbocycles. The smallest absolute Gasteiger partial charge is 0.0998 e. The maximum absolute atomic E-state index is 9.57. The van der Waals surface area contributed by atoms with Gasteiger partial charge in [0.1, 0.15) is 0 Å². The lowest BCUT2D eigenvalue weighted by Gasteiger charge is -2.27. The molecular formula is C24H29N. The van der Waals surface area contributed by atoms with Gasteiger partial charge in [-0.1, -0.05) is 75.4 Å². The number of nitriles is 1. The van der Waals surface area contributed by atoms with Gasteiger partial charge in [-0.25, -0.2) is 0 Å². The van der Waals surface area contributed by atoms with Crippen molar-refractivity contribution in [2.24, 2.45) is 0 Å². The highest BCUT2D eigenvalue weighted by Gasteiger charge is 2.22. The minimum absolute atomic E-state index is 0.660. The summed E-state index contributed by atoms with van der Waals surface area (Å²) in [4.78, 5) is 0. The Labute approximate surface area is 152 Å². The predicted molar refractivity (Wildman–Crippen MR) is 106 cm³/mol. The van der Waals surface area contributed by atoms with E-state index in [1.54, 1.807) is 5.56 Å². The molecule has 1 nitrogen and oxygen atoms in total. The molecule has 0 amide bonds. The molecule has 1 aliphatic rings. The normalized spacial score (nSPS) is 15.0. The van der Waals surface area contributed by atoms with Gasteiger partial charge in [0.05, 0.1) is 11.6 Å². The Balaban J connectivity index is 2.07. The summed E-state index contributed by atoms with van der Waals surface area (Å²) >= 11 is 0. The lowest BCUT2D eigenvalue weighted by atomic mass is 9.77. The van der Waals surface area contributed by atoms with Gasteiger partial charge in [0.25, 0.3) is 0 Å².